The van der Waals surface area contributed by atoms with E-state index in [9.17, 15) is 0 Å². The average Bonchev–Trinajstić information content (AvgIpc) is 2.40. The van der Waals surface area contributed by atoms with Crippen LogP contribution in [-0.2, 0) is 4.57 Å². The molecule has 2 aliphatic carbocycles. The predicted molar refractivity (Wildman–Crippen MR) is 38.9 cm³/mol. The van der Waals surface area contributed by atoms with Gasteiger partial charge in [0.1, 0.15) is 0 Å². The van der Waals surface area contributed by atoms with Crippen LogP contribution in [-0.4, -0.2) is 9.79 Å². The summed E-state index contributed by atoms with van der Waals surface area (Å²) in [6.45, 7) is 0. The third kappa shape index (κ3) is 2.31. The van der Waals surface area contributed by atoms with Crippen molar-refractivity contribution in [3.8, 4) is 11.1 Å². The van der Waals surface area contributed by atoms with Gasteiger partial charge in [-0.3, -0.25) is 4.57 Å². The van der Waals surface area contributed by atoms with Gasteiger partial charge in [-0.2, -0.15) is 0 Å². The molecule has 4 heteroatoms. The van der Waals surface area contributed by atoms with Gasteiger partial charge >= 0.3 is 8.25 Å². The molecule has 54 valence electrons. The zero-order chi connectivity index (χ0) is 7.56. The quantitative estimate of drug-likeness (QED) is 0.563. The van der Waals surface area contributed by atoms with Crippen LogP contribution < -0.4 is 0 Å². The van der Waals surface area contributed by atoms with Gasteiger partial charge in [0.15, 0.2) is 0 Å². The zero-order valence-electron chi connectivity index (χ0n) is 5.11. The molecule has 0 aromatic carbocycles. The van der Waals surface area contributed by atoms with Gasteiger partial charge in [0.05, 0.1) is 0 Å². The Kier molecular flexibility index (Phi) is 2.22. The monoisotopic (exact) mass is 158 g/mol. The highest BCUT2D eigenvalue weighted by Crippen LogP contribution is 2.32. The van der Waals surface area contributed by atoms with E-state index in [1.807, 2.05) is 0 Å². The highest BCUT2D eigenvalue weighted by molar-refractivity contribution is 7.30. The number of hydrogen-bond donors (Lipinski definition) is 2. The molecule has 2 aliphatic rings. The van der Waals surface area contributed by atoms with E-state index in [2.05, 4.69) is 24.3 Å². The molecule has 0 aliphatic heterocycles. The second-order valence-corrected chi connectivity index (χ2v) is 2.43. The van der Waals surface area contributed by atoms with Crippen molar-refractivity contribution in [1.82, 2.24) is 0 Å². The van der Waals surface area contributed by atoms with Crippen molar-refractivity contribution in [1.29, 1.82) is 0 Å². The Morgan fingerprint density at radius 3 is 1.70 bits per heavy atom. The first-order chi connectivity index (χ1) is 4.70. The van der Waals surface area contributed by atoms with Crippen molar-refractivity contribution in [3.63, 3.8) is 0 Å². The maximum atomic E-state index is 8.74. The maximum absolute atomic E-state index is 8.74. The smallest absolute Gasteiger partial charge is 0.314 e. The zero-order valence-corrected chi connectivity index (χ0v) is 6.11. The van der Waals surface area contributed by atoms with Crippen LogP contribution in [0.4, 0.5) is 0 Å². The topological polar surface area (TPSA) is 57.5 Å². The Hall–Kier alpha value is -0.630. The number of rotatable bonds is 0. The molecular weight excluding hydrogens is 151 g/mol. The fraction of sp³-hybridized carbons (Fsp3) is 0. The summed E-state index contributed by atoms with van der Waals surface area (Å²) in [6, 6.07) is 8.48. The summed E-state index contributed by atoms with van der Waals surface area (Å²) in [5, 5.41) is 0. The molecule has 0 aromatic rings. The van der Waals surface area contributed by atoms with E-state index >= 15 is 0 Å². The fourth-order valence-corrected chi connectivity index (χ4v) is 0.676. The largest absolute Gasteiger partial charge is 0.326 e. The Morgan fingerprint density at radius 1 is 1.20 bits per heavy atom. The molecule has 0 saturated heterocycles. The van der Waals surface area contributed by atoms with E-state index in [0.29, 0.717) is 0 Å². The molecule has 0 bridgehead atoms. The summed E-state index contributed by atoms with van der Waals surface area (Å²) in [6.07, 6.45) is 0. The van der Waals surface area contributed by atoms with E-state index in [4.69, 9.17) is 14.4 Å². The van der Waals surface area contributed by atoms with Gasteiger partial charge in [0.2, 0.25) is 0 Å². The third-order valence-corrected chi connectivity index (χ3v) is 1.11. The van der Waals surface area contributed by atoms with Crippen LogP contribution in [0.15, 0.2) is 24.3 Å². The molecule has 10 heavy (non-hydrogen) atoms. The SMILES string of the molecule is O=[PH](O)O.c1cc2cc-2c1. The van der Waals surface area contributed by atoms with E-state index in [1.165, 1.54) is 11.1 Å². The van der Waals surface area contributed by atoms with Crippen LogP contribution in [0, 0.1) is 0 Å². The summed E-state index contributed by atoms with van der Waals surface area (Å²) in [5.41, 5.74) is 2.85. The van der Waals surface area contributed by atoms with E-state index < -0.39 is 8.25 Å². The number of benzene rings is 1. The van der Waals surface area contributed by atoms with Crippen LogP contribution in [0.3, 0.4) is 0 Å². The number of fused-ring (bicyclic) bond motifs is 1. The van der Waals surface area contributed by atoms with E-state index in [1.54, 1.807) is 0 Å². The first kappa shape index (κ1) is 7.48. The van der Waals surface area contributed by atoms with Crippen molar-refractivity contribution in [2.75, 3.05) is 0 Å². The van der Waals surface area contributed by atoms with Crippen molar-refractivity contribution >= 4 is 8.25 Å². The molecule has 0 fully saturated rings. The third-order valence-electron chi connectivity index (χ3n) is 1.11. The minimum absolute atomic E-state index is 1.43. The summed E-state index contributed by atoms with van der Waals surface area (Å²) < 4.78 is 8.74. The molecule has 0 spiro atoms. The molecule has 3 nitrogen and oxygen atoms in total. The Labute approximate surface area is 58.9 Å². The van der Waals surface area contributed by atoms with Crippen molar-refractivity contribution < 1.29 is 14.4 Å². The van der Waals surface area contributed by atoms with Crippen LogP contribution in [0.25, 0.3) is 11.1 Å². The van der Waals surface area contributed by atoms with Gasteiger partial charge in [-0.1, -0.05) is 18.2 Å². The van der Waals surface area contributed by atoms with Crippen LogP contribution in [0.2, 0.25) is 0 Å². The van der Waals surface area contributed by atoms with Crippen LogP contribution in [0.5, 0.6) is 0 Å². The van der Waals surface area contributed by atoms with Crippen LogP contribution in [0.1, 0.15) is 0 Å². The molecule has 0 unspecified atom stereocenters. The van der Waals surface area contributed by atoms with Gasteiger partial charge in [-0.25, -0.2) is 0 Å². The van der Waals surface area contributed by atoms with Crippen LogP contribution >= 0.6 is 8.25 Å². The van der Waals surface area contributed by atoms with Crippen molar-refractivity contribution in [2.45, 2.75) is 0 Å². The maximum Gasteiger partial charge on any atom is 0.314 e. The molecule has 0 heterocycles. The molecule has 0 aromatic heterocycles. The summed E-state index contributed by atoms with van der Waals surface area (Å²) in [5.74, 6) is 0. The standard InChI is InChI=1S/C6H4.H3O3P/c1-2-5-4-6(5)3-1;1-4(2)3/h1-4H;4H,(H2,1,2,3). The summed E-state index contributed by atoms with van der Waals surface area (Å²) in [4.78, 5) is 14.3. The highest BCUT2D eigenvalue weighted by Gasteiger charge is 2.06. The molecule has 0 radical (unpaired) electrons. The first-order valence-corrected chi connectivity index (χ1v) is 4.03. The average molecular weight is 158 g/mol. The van der Waals surface area contributed by atoms with Gasteiger partial charge < -0.3 is 9.79 Å². The van der Waals surface area contributed by atoms with Gasteiger partial charge in [-0.05, 0) is 17.2 Å². The molecule has 0 amide bonds. The Balaban J connectivity index is 0.000000112. The van der Waals surface area contributed by atoms with Crippen molar-refractivity contribution in [3.05, 3.63) is 24.3 Å². The fourth-order valence-electron chi connectivity index (χ4n) is 0.676. The normalized spacial score (nSPS) is 10.3. The second-order valence-electron chi connectivity index (χ2n) is 1.86. The lowest BCUT2D eigenvalue weighted by atomic mass is 10.6. The minimum Gasteiger partial charge on any atom is -0.326 e. The summed E-state index contributed by atoms with van der Waals surface area (Å²) >= 11 is 0. The molecule has 2 rings (SSSR count). The molecular formula is C6H7O3P. The molecule has 2 N–H and O–H groups in total. The Bertz CT molecular complexity index is 238. The predicted octanol–water partition coefficient (Wildman–Crippen LogP) is 1.03. The highest BCUT2D eigenvalue weighted by atomic mass is 31.1. The summed E-state index contributed by atoms with van der Waals surface area (Å²) in [7, 11) is -3.13. The number of hydrogen-bond acceptors (Lipinski definition) is 1. The Morgan fingerprint density at radius 2 is 1.60 bits per heavy atom. The van der Waals surface area contributed by atoms with E-state index in [-0.39, 0.29) is 0 Å². The first-order valence-electron chi connectivity index (χ1n) is 2.72. The molecule has 0 saturated carbocycles. The molecule has 0 atom stereocenters. The lowest BCUT2D eigenvalue weighted by Crippen LogP contribution is -1.38. The van der Waals surface area contributed by atoms with Gasteiger partial charge in [-0.15, -0.1) is 0 Å². The van der Waals surface area contributed by atoms with E-state index in [0.717, 1.165) is 0 Å². The lowest BCUT2D eigenvalue weighted by Gasteiger charge is -1.61. The minimum atomic E-state index is -3.13. The lowest BCUT2D eigenvalue weighted by molar-refractivity contribution is 0.405. The van der Waals surface area contributed by atoms with Gasteiger partial charge in [0, 0.05) is 0 Å². The van der Waals surface area contributed by atoms with Gasteiger partial charge in [0.25, 0.3) is 0 Å². The van der Waals surface area contributed by atoms with Crippen molar-refractivity contribution in [2.24, 2.45) is 0 Å². The second kappa shape index (κ2) is 2.97.